The van der Waals surface area contributed by atoms with Gasteiger partial charge in [0.1, 0.15) is 0 Å². The van der Waals surface area contributed by atoms with Crippen LogP contribution in [0.25, 0.3) is 0 Å². The van der Waals surface area contributed by atoms with E-state index in [-0.39, 0.29) is 6.10 Å². The van der Waals surface area contributed by atoms with Gasteiger partial charge in [-0.15, -0.1) is 0 Å². The molecule has 0 bridgehead atoms. The number of likely N-dealkylation sites (N-methyl/N-ethyl adjacent to an activating group) is 1. The fourth-order valence-electron chi connectivity index (χ4n) is 2.49. The number of hydrogen-bond donors (Lipinski definition) is 0. The molecule has 2 aliphatic heterocycles. The third-order valence-corrected chi connectivity index (χ3v) is 3.80. The lowest BCUT2D eigenvalue weighted by Gasteiger charge is -2.32. The van der Waals surface area contributed by atoms with Crippen LogP contribution in [0.1, 0.15) is 40.5 Å². The smallest absolute Gasteiger partial charge is 0.163 e. The minimum Gasteiger partial charge on any atom is -0.380 e. The van der Waals surface area contributed by atoms with Gasteiger partial charge in [-0.3, -0.25) is 4.90 Å². The summed E-state index contributed by atoms with van der Waals surface area (Å²) in [5, 5.41) is 0. The Morgan fingerprint density at radius 1 is 1.09 bits per heavy atom. The van der Waals surface area contributed by atoms with E-state index in [0.717, 1.165) is 39.3 Å². The van der Waals surface area contributed by atoms with Crippen molar-refractivity contribution in [3.05, 3.63) is 0 Å². The molecule has 0 aromatic rings. The van der Waals surface area contributed by atoms with Crippen molar-refractivity contribution < 1.29 is 14.2 Å². The molecule has 0 saturated carbocycles. The van der Waals surface area contributed by atoms with Gasteiger partial charge in [-0.25, -0.2) is 0 Å². The fourth-order valence-corrected chi connectivity index (χ4v) is 2.49. The first-order valence-corrected chi connectivity index (χ1v) is 8.77. The highest BCUT2D eigenvalue weighted by atomic mass is 16.7. The summed E-state index contributed by atoms with van der Waals surface area (Å²) in [6.07, 6.45) is 2.37. The van der Waals surface area contributed by atoms with Crippen LogP contribution in [-0.2, 0) is 14.2 Å². The molecule has 132 valence electrons. The molecule has 0 radical (unpaired) electrons. The van der Waals surface area contributed by atoms with Gasteiger partial charge >= 0.3 is 0 Å². The Kier molecular flexibility index (Phi) is 9.52. The fraction of sp³-hybridized carbons (Fsp3) is 1.00. The van der Waals surface area contributed by atoms with E-state index in [0.29, 0.717) is 6.61 Å². The molecule has 0 spiro atoms. The quantitative estimate of drug-likeness (QED) is 0.702. The molecular formula is C17H36N2O3. The van der Waals surface area contributed by atoms with E-state index in [1.54, 1.807) is 0 Å². The van der Waals surface area contributed by atoms with Crippen LogP contribution in [0.2, 0.25) is 0 Å². The number of ether oxygens (including phenoxy) is 3. The first-order chi connectivity index (χ1) is 10.5. The van der Waals surface area contributed by atoms with Crippen LogP contribution >= 0.6 is 0 Å². The Labute approximate surface area is 136 Å². The van der Waals surface area contributed by atoms with Gasteiger partial charge in [0, 0.05) is 39.3 Å². The van der Waals surface area contributed by atoms with Gasteiger partial charge < -0.3 is 19.1 Å². The second-order valence-electron chi connectivity index (χ2n) is 6.70. The molecule has 5 nitrogen and oxygen atoms in total. The van der Waals surface area contributed by atoms with Gasteiger partial charge in [-0.2, -0.15) is 0 Å². The summed E-state index contributed by atoms with van der Waals surface area (Å²) in [4.78, 5) is 4.84. The summed E-state index contributed by atoms with van der Waals surface area (Å²) >= 11 is 0. The van der Waals surface area contributed by atoms with Crippen LogP contribution in [0.5, 0.6) is 0 Å². The van der Waals surface area contributed by atoms with Crippen LogP contribution in [0, 0.1) is 0 Å². The monoisotopic (exact) mass is 316 g/mol. The van der Waals surface area contributed by atoms with Crippen LogP contribution < -0.4 is 0 Å². The first kappa shape index (κ1) is 19.8. The second kappa shape index (κ2) is 10.6. The number of rotatable bonds is 6. The number of nitrogens with zero attached hydrogens (tertiary/aromatic N) is 2. The van der Waals surface area contributed by atoms with Crippen molar-refractivity contribution in [3.63, 3.8) is 0 Å². The van der Waals surface area contributed by atoms with E-state index in [2.05, 4.69) is 30.7 Å². The molecule has 22 heavy (non-hydrogen) atoms. The molecule has 2 heterocycles. The number of hydrogen-bond acceptors (Lipinski definition) is 5. The number of piperazine rings is 1. The summed E-state index contributed by atoms with van der Waals surface area (Å²) in [7, 11) is 2.18. The third-order valence-electron chi connectivity index (χ3n) is 3.80. The molecule has 2 rings (SSSR count). The first-order valence-electron chi connectivity index (χ1n) is 8.77. The molecule has 2 saturated heterocycles. The van der Waals surface area contributed by atoms with E-state index in [1.165, 1.54) is 19.5 Å². The van der Waals surface area contributed by atoms with Crippen LogP contribution in [0.4, 0.5) is 0 Å². The second-order valence-corrected chi connectivity index (χ2v) is 6.70. The van der Waals surface area contributed by atoms with E-state index in [9.17, 15) is 0 Å². The largest absolute Gasteiger partial charge is 0.380 e. The summed E-state index contributed by atoms with van der Waals surface area (Å²) in [6, 6.07) is 0. The Bertz CT molecular complexity index is 279. The lowest BCUT2D eigenvalue weighted by molar-refractivity contribution is -0.140. The average Bonchev–Trinajstić information content (AvgIpc) is 2.81. The van der Waals surface area contributed by atoms with Crippen molar-refractivity contribution in [2.75, 3.05) is 59.6 Å². The van der Waals surface area contributed by atoms with Crippen molar-refractivity contribution in [2.45, 2.75) is 52.4 Å². The lowest BCUT2D eigenvalue weighted by Crippen LogP contribution is -2.45. The highest BCUT2D eigenvalue weighted by Crippen LogP contribution is 2.23. The zero-order chi connectivity index (χ0) is 16.4. The molecule has 0 aromatic heterocycles. The summed E-state index contributed by atoms with van der Waals surface area (Å²) in [6.45, 7) is 16.1. The van der Waals surface area contributed by atoms with Crippen molar-refractivity contribution in [3.8, 4) is 0 Å². The van der Waals surface area contributed by atoms with Gasteiger partial charge in [0.15, 0.2) is 5.79 Å². The van der Waals surface area contributed by atoms with Crippen LogP contribution in [0.15, 0.2) is 0 Å². The Hall–Kier alpha value is -0.200. The van der Waals surface area contributed by atoms with Crippen LogP contribution in [-0.4, -0.2) is 81.3 Å². The summed E-state index contributed by atoms with van der Waals surface area (Å²) < 4.78 is 17.0. The minimum atomic E-state index is -0.412. The molecule has 2 fully saturated rings. The summed E-state index contributed by atoms with van der Waals surface area (Å²) in [5.74, 6) is -0.412. The van der Waals surface area contributed by atoms with Crippen molar-refractivity contribution in [2.24, 2.45) is 0 Å². The molecule has 5 heteroatoms. The topological polar surface area (TPSA) is 34.2 Å². The van der Waals surface area contributed by atoms with Gasteiger partial charge in [0.05, 0.1) is 19.3 Å². The third kappa shape index (κ3) is 8.44. The summed E-state index contributed by atoms with van der Waals surface area (Å²) in [5.41, 5.74) is 0. The standard InChI is InChI=1S/C14H28N2O3.C3H8/c1-14(2)18-12-13(19-14)4-10-17-11-9-16-7-5-15(3)6-8-16;1-3-2/h13H,4-12H2,1-3H3;3H2,1-2H3. The molecular weight excluding hydrogens is 280 g/mol. The normalized spacial score (nSPS) is 25.8. The highest BCUT2D eigenvalue weighted by molar-refractivity contribution is 4.71. The lowest BCUT2D eigenvalue weighted by atomic mass is 10.3. The molecule has 2 aliphatic rings. The van der Waals surface area contributed by atoms with Gasteiger partial charge in [-0.05, 0) is 27.3 Å². The minimum absolute atomic E-state index is 0.193. The Morgan fingerprint density at radius 3 is 2.27 bits per heavy atom. The van der Waals surface area contributed by atoms with Crippen molar-refractivity contribution >= 4 is 0 Å². The maximum Gasteiger partial charge on any atom is 0.163 e. The van der Waals surface area contributed by atoms with Gasteiger partial charge in [0.2, 0.25) is 0 Å². The van der Waals surface area contributed by atoms with Gasteiger partial charge in [0.25, 0.3) is 0 Å². The van der Waals surface area contributed by atoms with Crippen molar-refractivity contribution in [1.82, 2.24) is 9.80 Å². The Morgan fingerprint density at radius 2 is 1.73 bits per heavy atom. The molecule has 0 aliphatic carbocycles. The zero-order valence-electron chi connectivity index (χ0n) is 15.3. The van der Waals surface area contributed by atoms with E-state index in [4.69, 9.17) is 14.2 Å². The van der Waals surface area contributed by atoms with Gasteiger partial charge in [-0.1, -0.05) is 20.3 Å². The zero-order valence-corrected chi connectivity index (χ0v) is 15.3. The molecule has 0 aromatic carbocycles. The van der Waals surface area contributed by atoms with Crippen LogP contribution in [0.3, 0.4) is 0 Å². The molecule has 0 N–H and O–H groups in total. The van der Waals surface area contributed by atoms with Crippen molar-refractivity contribution in [1.29, 1.82) is 0 Å². The average molecular weight is 316 g/mol. The maximum atomic E-state index is 5.74. The van der Waals surface area contributed by atoms with E-state index >= 15 is 0 Å². The predicted octanol–water partition coefficient (Wildman–Crippen LogP) is 2.21. The molecule has 1 atom stereocenters. The highest BCUT2D eigenvalue weighted by Gasteiger charge is 2.32. The predicted molar refractivity (Wildman–Crippen MR) is 90.2 cm³/mol. The van der Waals surface area contributed by atoms with E-state index < -0.39 is 5.79 Å². The molecule has 0 amide bonds. The Balaban J connectivity index is 0.000000745. The SMILES string of the molecule is CCC.CN1CCN(CCOCCC2COC(C)(C)O2)CC1. The maximum absolute atomic E-state index is 5.74. The molecule has 1 unspecified atom stereocenters. The van der Waals surface area contributed by atoms with E-state index in [1.807, 2.05) is 13.8 Å².